The van der Waals surface area contributed by atoms with E-state index in [9.17, 15) is 0 Å². The summed E-state index contributed by atoms with van der Waals surface area (Å²) < 4.78 is 10.5. The van der Waals surface area contributed by atoms with Gasteiger partial charge < -0.3 is 20.1 Å². The standard InChI is InChI=1S/C15H28N4O2/c1-6-8-13-18-14(16-7-2)11(3)15(19-13)17-9-12(21-5)10-20-4/h12H,6-10H2,1-5H3,(H2,16,17,18,19). The molecule has 1 atom stereocenters. The number of aromatic nitrogens is 2. The first-order chi connectivity index (χ1) is 10.2. The van der Waals surface area contributed by atoms with E-state index in [4.69, 9.17) is 9.47 Å². The summed E-state index contributed by atoms with van der Waals surface area (Å²) in [5.74, 6) is 2.63. The first kappa shape index (κ1) is 17.7. The van der Waals surface area contributed by atoms with Crippen LogP contribution in [-0.4, -0.2) is 50.0 Å². The van der Waals surface area contributed by atoms with E-state index >= 15 is 0 Å². The molecule has 120 valence electrons. The van der Waals surface area contributed by atoms with Crippen LogP contribution in [0, 0.1) is 6.92 Å². The monoisotopic (exact) mass is 296 g/mol. The van der Waals surface area contributed by atoms with Crippen molar-refractivity contribution in [2.24, 2.45) is 0 Å². The Hall–Kier alpha value is -1.40. The van der Waals surface area contributed by atoms with Gasteiger partial charge in [0.1, 0.15) is 17.5 Å². The normalized spacial score (nSPS) is 12.2. The van der Waals surface area contributed by atoms with Crippen LogP contribution in [0.15, 0.2) is 0 Å². The minimum atomic E-state index is 0.00146. The summed E-state index contributed by atoms with van der Waals surface area (Å²) in [6, 6.07) is 0. The topological polar surface area (TPSA) is 68.3 Å². The lowest BCUT2D eigenvalue weighted by molar-refractivity contribution is 0.0365. The molecule has 21 heavy (non-hydrogen) atoms. The minimum Gasteiger partial charge on any atom is -0.382 e. The summed E-state index contributed by atoms with van der Waals surface area (Å²) in [7, 11) is 3.36. The lowest BCUT2D eigenvalue weighted by Gasteiger charge is -2.18. The molecule has 1 aromatic rings. The number of anilines is 2. The van der Waals surface area contributed by atoms with Crippen molar-refractivity contribution in [2.45, 2.75) is 39.7 Å². The van der Waals surface area contributed by atoms with E-state index in [-0.39, 0.29) is 6.10 Å². The predicted molar refractivity (Wildman–Crippen MR) is 86.1 cm³/mol. The van der Waals surface area contributed by atoms with Gasteiger partial charge >= 0.3 is 0 Å². The number of hydrogen-bond donors (Lipinski definition) is 2. The molecule has 6 heteroatoms. The van der Waals surface area contributed by atoms with Crippen LogP contribution in [-0.2, 0) is 15.9 Å². The highest BCUT2D eigenvalue weighted by atomic mass is 16.5. The molecule has 0 saturated heterocycles. The van der Waals surface area contributed by atoms with E-state index in [0.29, 0.717) is 13.2 Å². The van der Waals surface area contributed by atoms with Crippen molar-refractivity contribution >= 4 is 11.6 Å². The molecule has 0 aromatic carbocycles. The summed E-state index contributed by atoms with van der Waals surface area (Å²) >= 11 is 0. The molecular formula is C15H28N4O2. The summed E-state index contributed by atoms with van der Waals surface area (Å²) in [6.07, 6.45) is 1.90. The Balaban J connectivity index is 2.87. The lowest BCUT2D eigenvalue weighted by Crippen LogP contribution is -2.27. The molecule has 1 heterocycles. The fourth-order valence-electron chi connectivity index (χ4n) is 2.02. The second-order valence-corrected chi connectivity index (χ2v) is 4.94. The predicted octanol–water partition coefficient (Wildman–Crippen LogP) is 2.24. The van der Waals surface area contributed by atoms with E-state index < -0.39 is 0 Å². The molecule has 0 amide bonds. The quantitative estimate of drug-likeness (QED) is 0.690. The van der Waals surface area contributed by atoms with E-state index in [2.05, 4.69) is 34.4 Å². The van der Waals surface area contributed by atoms with Crippen molar-refractivity contribution in [1.29, 1.82) is 0 Å². The molecule has 0 spiro atoms. The van der Waals surface area contributed by atoms with Gasteiger partial charge in [-0.1, -0.05) is 6.92 Å². The van der Waals surface area contributed by atoms with Gasteiger partial charge in [0, 0.05) is 39.3 Å². The van der Waals surface area contributed by atoms with Gasteiger partial charge in [-0.25, -0.2) is 9.97 Å². The third-order valence-electron chi connectivity index (χ3n) is 3.19. The Morgan fingerprint density at radius 2 is 1.76 bits per heavy atom. The highest BCUT2D eigenvalue weighted by Gasteiger charge is 2.12. The van der Waals surface area contributed by atoms with Crippen molar-refractivity contribution in [3.8, 4) is 0 Å². The summed E-state index contributed by atoms with van der Waals surface area (Å²) in [6.45, 7) is 8.26. The highest BCUT2D eigenvalue weighted by Crippen LogP contribution is 2.20. The SMILES string of the molecule is CCCc1nc(NCC)c(C)c(NCC(COC)OC)n1. The third-order valence-corrected chi connectivity index (χ3v) is 3.19. The molecule has 1 rings (SSSR count). The van der Waals surface area contributed by atoms with E-state index in [0.717, 1.165) is 42.4 Å². The maximum absolute atomic E-state index is 5.36. The minimum absolute atomic E-state index is 0.00146. The van der Waals surface area contributed by atoms with Crippen LogP contribution in [0.2, 0.25) is 0 Å². The fraction of sp³-hybridized carbons (Fsp3) is 0.733. The van der Waals surface area contributed by atoms with Crippen LogP contribution in [0.3, 0.4) is 0 Å². The van der Waals surface area contributed by atoms with Gasteiger partial charge in [-0.05, 0) is 20.3 Å². The largest absolute Gasteiger partial charge is 0.382 e. The average Bonchev–Trinajstić information content (AvgIpc) is 2.48. The number of nitrogens with zero attached hydrogens (tertiary/aromatic N) is 2. The third kappa shape index (κ3) is 5.47. The molecule has 0 aliphatic heterocycles. The van der Waals surface area contributed by atoms with Crippen LogP contribution in [0.1, 0.15) is 31.7 Å². The Morgan fingerprint density at radius 3 is 2.29 bits per heavy atom. The number of hydrogen-bond acceptors (Lipinski definition) is 6. The molecule has 6 nitrogen and oxygen atoms in total. The molecule has 0 aliphatic carbocycles. The van der Waals surface area contributed by atoms with Crippen LogP contribution in [0.5, 0.6) is 0 Å². The Morgan fingerprint density at radius 1 is 1.10 bits per heavy atom. The zero-order chi connectivity index (χ0) is 15.7. The van der Waals surface area contributed by atoms with E-state index in [1.54, 1.807) is 14.2 Å². The summed E-state index contributed by atoms with van der Waals surface area (Å²) in [5.41, 5.74) is 1.03. The molecule has 0 bridgehead atoms. The van der Waals surface area contributed by atoms with Crippen LogP contribution >= 0.6 is 0 Å². The van der Waals surface area contributed by atoms with Crippen molar-refractivity contribution < 1.29 is 9.47 Å². The number of nitrogens with one attached hydrogen (secondary N) is 2. The second kappa shape index (κ2) is 9.52. The van der Waals surface area contributed by atoms with Crippen LogP contribution < -0.4 is 10.6 Å². The molecule has 2 N–H and O–H groups in total. The Bertz CT molecular complexity index is 426. The van der Waals surface area contributed by atoms with Crippen LogP contribution in [0.25, 0.3) is 0 Å². The van der Waals surface area contributed by atoms with Gasteiger partial charge in [-0.15, -0.1) is 0 Å². The maximum Gasteiger partial charge on any atom is 0.134 e. The Kier molecular flexibility index (Phi) is 8.00. The molecular weight excluding hydrogens is 268 g/mol. The highest BCUT2D eigenvalue weighted by molar-refractivity contribution is 5.57. The molecule has 0 aliphatic rings. The fourth-order valence-corrected chi connectivity index (χ4v) is 2.02. The van der Waals surface area contributed by atoms with Crippen LogP contribution in [0.4, 0.5) is 11.6 Å². The van der Waals surface area contributed by atoms with Gasteiger partial charge in [0.15, 0.2) is 0 Å². The van der Waals surface area contributed by atoms with Gasteiger partial charge in [0.05, 0.1) is 12.7 Å². The maximum atomic E-state index is 5.36. The number of ether oxygens (including phenoxy) is 2. The molecule has 0 fully saturated rings. The zero-order valence-electron chi connectivity index (χ0n) is 13.8. The lowest BCUT2D eigenvalue weighted by atomic mass is 10.2. The molecule has 1 aromatic heterocycles. The van der Waals surface area contributed by atoms with Crippen molar-refractivity contribution in [3.63, 3.8) is 0 Å². The molecule has 1 unspecified atom stereocenters. The zero-order valence-corrected chi connectivity index (χ0v) is 13.8. The van der Waals surface area contributed by atoms with Gasteiger partial charge in [0.2, 0.25) is 0 Å². The average molecular weight is 296 g/mol. The summed E-state index contributed by atoms with van der Waals surface area (Å²) in [4.78, 5) is 9.19. The van der Waals surface area contributed by atoms with E-state index in [1.165, 1.54) is 0 Å². The van der Waals surface area contributed by atoms with Gasteiger partial charge in [0.25, 0.3) is 0 Å². The first-order valence-electron chi connectivity index (χ1n) is 7.53. The van der Waals surface area contributed by atoms with Crippen molar-refractivity contribution in [3.05, 3.63) is 11.4 Å². The number of methoxy groups -OCH3 is 2. The Labute approximate surface area is 127 Å². The van der Waals surface area contributed by atoms with Gasteiger partial charge in [-0.3, -0.25) is 0 Å². The number of rotatable bonds is 10. The second-order valence-electron chi connectivity index (χ2n) is 4.94. The van der Waals surface area contributed by atoms with Crippen molar-refractivity contribution in [1.82, 2.24) is 9.97 Å². The van der Waals surface area contributed by atoms with E-state index in [1.807, 2.05) is 6.92 Å². The molecule has 0 saturated carbocycles. The number of aryl methyl sites for hydroxylation is 1. The van der Waals surface area contributed by atoms with Gasteiger partial charge in [-0.2, -0.15) is 0 Å². The first-order valence-corrected chi connectivity index (χ1v) is 7.53. The summed E-state index contributed by atoms with van der Waals surface area (Å²) in [5, 5.41) is 6.65. The molecule has 0 radical (unpaired) electrons. The smallest absolute Gasteiger partial charge is 0.134 e. The van der Waals surface area contributed by atoms with Crippen molar-refractivity contribution in [2.75, 3.05) is 44.5 Å².